The number of anilines is 1. The molecule has 0 atom stereocenters. The number of carbonyl (C=O) groups is 1. The lowest BCUT2D eigenvalue weighted by molar-refractivity contribution is -0.113. The van der Waals surface area contributed by atoms with E-state index in [0.717, 1.165) is 16.2 Å². The summed E-state index contributed by atoms with van der Waals surface area (Å²) in [5.74, 6) is 0.359. The first-order valence-electron chi connectivity index (χ1n) is 7.67. The van der Waals surface area contributed by atoms with Crippen LogP contribution in [0, 0.1) is 6.92 Å². The second-order valence-corrected chi connectivity index (χ2v) is 7.61. The van der Waals surface area contributed by atoms with Gasteiger partial charge in [-0.15, -0.1) is 23.1 Å². The molecular formula is C19H18N2OS2. The summed E-state index contributed by atoms with van der Waals surface area (Å²) < 4.78 is 0. The van der Waals surface area contributed by atoms with Gasteiger partial charge in [0.1, 0.15) is 0 Å². The van der Waals surface area contributed by atoms with Gasteiger partial charge in [0.25, 0.3) is 0 Å². The highest BCUT2D eigenvalue weighted by Crippen LogP contribution is 2.22. The number of aryl methyl sites for hydroxylation is 1. The van der Waals surface area contributed by atoms with Gasteiger partial charge in [-0.05, 0) is 24.6 Å². The maximum atomic E-state index is 12.1. The minimum atomic E-state index is -0.0267. The molecule has 0 spiro atoms. The van der Waals surface area contributed by atoms with Crippen molar-refractivity contribution in [1.29, 1.82) is 0 Å². The molecule has 0 aliphatic heterocycles. The molecule has 0 saturated heterocycles. The summed E-state index contributed by atoms with van der Waals surface area (Å²) in [7, 11) is 0. The molecule has 122 valence electrons. The number of thiazole rings is 1. The maximum absolute atomic E-state index is 12.1. The third-order valence-corrected chi connectivity index (χ3v) is 5.34. The van der Waals surface area contributed by atoms with Gasteiger partial charge in [0.15, 0.2) is 5.13 Å². The Balaban J connectivity index is 1.50. The smallest absolute Gasteiger partial charge is 0.236 e. The molecule has 1 N–H and O–H groups in total. The van der Waals surface area contributed by atoms with Crippen LogP contribution in [-0.4, -0.2) is 16.6 Å². The van der Waals surface area contributed by atoms with Gasteiger partial charge in [-0.1, -0.05) is 48.0 Å². The van der Waals surface area contributed by atoms with Crippen molar-refractivity contribution in [2.45, 2.75) is 18.2 Å². The Morgan fingerprint density at radius 2 is 1.88 bits per heavy atom. The molecule has 3 aromatic rings. The average Bonchev–Trinajstić information content (AvgIpc) is 3.02. The molecule has 5 heteroatoms. The molecule has 0 saturated carbocycles. The summed E-state index contributed by atoms with van der Waals surface area (Å²) in [5, 5.41) is 3.54. The number of nitrogens with one attached hydrogen (secondary N) is 1. The van der Waals surface area contributed by atoms with Crippen molar-refractivity contribution in [3.05, 3.63) is 76.8 Å². The standard InChI is InChI=1S/C19H18N2OS2/c1-14-7-9-16(10-8-14)23-13-18(22)21-19-20-12-17(24-19)11-15-5-3-2-4-6-15/h2-10,12H,11,13H2,1H3,(H,20,21,22). The summed E-state index contributed by atoms with van der Waals surface area (Å²) in [6.07, 6.45) is 2.67. The van der Waals surface area contributed by atoms with E-state index in [2.05, 4.69) is 41.5 Å². The molecule has 2 aromatic carbocycles. The van der Waals surface area contributed by atoms with Crippen molar-refractivity contribution in [3.63, 3.8) is 0 Å². The summed E-state index contributed by atoms with van der Waals surface area (Å²) in [5.41, 5.74) is 2.46. The zero-order chi connectivity index (χ0) is 16.8. The first kappa shape index (κ1) is 16.7. The van der Waals surface area contributed by atoms with Crippen molar-refractivity contribution in [3.8, 4) is 0 Å². The number of carbonyl (C=O) groups excluding carboxylic acids is 1. The van der Waals surface area contributed by atoms with Crippen LogP contribution in [0.4, 0.5) is 5.13 Å². The van der Waals surface area contributed by atoms with Crippen LogP contribution < -0.4 is 5.32 Å². The Hall–Kier alpha value is -2.11. The van der Waals surface area contributed by atoms with E-state index in [1.54, 1.807) is 0 Å². The third kappa shape index (κ3) is 4.94. The predicted octanol–water partition coefficient (Wildman–Crippen LogP) is 4.77. The van der Waals surface area contributed by atoms with Crippen LogP contribution in [-0.2, 0) is 11.2 Å². The van der Waals surface area contributed by atoms with Gasteiger partial charge in [0, 0.05) is 22.4 Å². The molecule has 0 fully saturated rings. The summed E-state index contributed by atoms with van der Waals surface area (Å²) >= 11 is 3.06. The normalized spacial score (nSPS) is 10.5. The van der Waals surface area contributed by atoms with Crippen LogP contribution >= 0.6 is 23.1 Å². The summed E-state index contributed by atoms with van der Waals surface area (Å²) in [6, 6.07) is 18.4. The zero-order valence-electron chi connectivity index (χ0n) is 13.4. The summed E-state index contributed by atoms with van der Waals surface area (Å²) in [4.78, 5) is 18.6. The molecule has 0 radical (unpaired) electrons. The Morgan fingerprint density at radius 1 is 1.12 bits per heavy atom. The van der Waals surface area contributed by atoms with E-state index in [-0.39, 0.29) is 5.91 Å². The average molecular weight is 355 g/mol. The molecule has 1 amide bonds. The second-order valence-electron chi connectivity index (χ2n) is 5.44. The largest absolute Gasteiger partial charge is 0.301 e. The van der Waals surface area contributed by atoms with Crippen molar-refractivity contribution in [2.24, 2.45) is 0 Å². The van der Waals surface area contributed by atoms with Crippen LogP contribution in [0.25, 0.3) is 0 Å². The molecule has 0 aliphatic carbocycles. The van der Waals surface area contributed by atoms with E-state index in [1.807, 2.05) is 36.5 Å². The van der Waals surface area contributed by atoms with Gasteiger partial charge in [0.05, 0.1) is 5.75 Å². The number of hydrogen-bond donors (Lipinski definition) is 1. The van der Waals surface area contributed by atoms with Crippen molar-refractivity contribution in [2.75, 3.05) is 11.1 Å². The number of amides is 1. The molecule has 0 aliphatic rings. The molecular weight excluding hydrogens is 336 g/mol. The Labute approximate surface area is 150 Å². The second kappa shape index (κ2) is 8.13. The lowest BCUT2D eigenvalue weighted by Crippen LogP contribution is -2.13. The Morgan fingerprint density at radius 3 is 2.62 bits per heavy atom. The SMILES string of the molecule is Cc1ccc(SCC(=O)Nc2ncc(Cc3ccccc3)s2)cc1. The van der Waals surface area contributed by atoms with Crippen LogP contribution in [0.15, 0.2) is 65.7 Å². The van der Waals surface area contributed by atoms with Crippen LogP contribution in [0.5, 0.6) is 0 Å². The van der Waals surface area contributed by atoms with E-state index in [1.165, 1.54) is 34.2 Å². The van der Waals surface area contributed by atoms with E-state index >= 15 is 0 Å². The number of rotatable bonds is 6. The molecule has 3 rings (SSSR count). The predicted molar refractivity (Wildman–Crippen MR) is 102 cm³/mol. The highest BCUT2D eigenvalue weighted by molar-refractivity contribution is 8.00. The van der Waals surface area contributed by atoms with Crippen molar-refractivity contribution < 1.29 is 4.79 Å². The van der Waals surface area contributed by atoms with Gasteiger partial charge in [-0.2, -0.15) is 0 Å². The Bertz CT molecular complexity index is 798. The van der Waals surface area contributed by atoms with E-state index in [4.69, 9.17) is 0 Å². The van der Waals surface area contributed by atoms with E-state index in [0.29, 0.717) is 10.9 Å². The van der Waals surface area contributed by atoms with Crippen LogP contribution in [0.2, 0.25) is 0 Å². The van der Waals surface area contributed by atoms with Crippen molar-refractivity contribution in [1.82, 2.24) is 4.98 Å². The minimum absolute atomic E-state index is 0.0267. The Kier molecular flexibility index (Phi) is 5.67. The topological polar surface area (TPSA) is 42.0 Å². The van der Waals surface area contributed by atoms with Gasteiger partial charge >= 0.3 is 0 Å². The molecule has 1 heterocycles. The van der Waals surface area contributed by atoms with Gasteiger partial charge in [0.2, 0.25) is 5.91 Å². The summed E-state index contributed by atoms with van der Waals surface area (Å²) in [6.45, 7) is 2.05. The monoisotopic (exact) mass is 354 g/mol. The zero-order valence-corrected chi connectivity index (χ0v) is 15.0. The lowest BCUT2D eigenvalue weighted by atomic mass is 10.1. The quantitative estimate of drug-likeness (QED) is 0.648. The van der Waals surface area contributed by atoms with Crippen molar-refractivity contribution >= 4 is 34.1 Å². The van der Waals surface area contributed by atoms with Gasteiger partial charge in [-0.25, -0.2) is 4.98 Å². The number of benzene rings is 2. The lowest BCUT2D eigenvalue weighted by Gasteiger charge is -2.02. The molecule has 1 aromatic heterocycles. The van der Waals surface area contributed by atoms with E-state index in [9.17, 15) is 4.79 Å². The van der Waals surface area contributed by atoms with Crippen LogP contribution in [0.3, 0.4) is 0 Å². The fourth-order valence-corrected chi connectivity index (χ4v) is 3.74. The van der Waals surface area contributed by atoms with Crippen LogP contribution in [0.1, 0.15) is 16.0 Å². The number of hydrogen-bond acceptors (Lipinski definition) is 4. The number of nitrogens with zero attached hydrogens (tertiary/aromatic N) is 1. The van der Waals surface area contributed by atoms with Gasteiger partial charge < -0.3 is 5.32 Å². The molecule has 3 nitrogen and oxygen atoms in total. The molecule has 0 bridgehead atoms. The molecule has 24 heavy (non-hydrogen) atoms. The van der Waals surface area contributed by atoms with E-state index < -0.39 is 0 Å². The van der Waals surface area contributed by atoms with Gasteiger partial charge in [-0.3, -0.25) is 4.79 Å². The maximum Gasteiger partial charge on any atom is 0.236 e. The fraction of sp³-hybridized carbons (Fsp3) is 0.158. The number of thioether (sulfide) groups is 1. The number of aromatic nitrogens is 1. The highest BCUT2D eigenvalue weighted by Gasteiger charge is 2.08. The highest BCUT2D eigenvalue weighted by atomic mass is 32.2. The minimum Gasteiger partial charge on any atom is -0.301 e. The molecule has 0 unspecified atom stereocenters. The first-order valence-corrected chi connectivity index (χ1v) is 9.47. The third-order valence-electron chi connectivity index (χ3n) is 3.41. The fourth-order valence-electron chi connectivity index (χ4n) is 2.18. The first-order chi connectivity index (χ1) is 11.7.